The molecular weight excluding hydrogens is 321 g/mol. The molecule has 20 heavy (non-hydrogen) atoms. The van der Waals surface area contributed by atoms with Crippen LogP contribution in [0, 0.1) is 11.7 Å². The summed E-state index contributed by atoms with van der Waals surface area (Å²) >= 11 is 3.39. The first kappa shape index (κ1) is 15.9. The molecule has 2 N–H and O–H groups in total. The molecule has 1 aromatic carbocycles. The Bertz CT molecular complexity index is 458. The minimum absolute atomic E-state index is 0.0772. The summed E-state index contributed by atoms with van der Waals surface area (Å²) in [5.74, 6) is 0.478. The van der Waals surface area contributed by atoms with Crippen LogP contribution in [0.25, 0.3) is 0 Å². The molecule has 2 rings (SSSR count). The number of rotatable bonds is 4. The van der Waals surface area contributed by atoms with Gasteiger partial charge in [0.05, 0.1) is 5.60 Å². The molecule has 0 aliphatic heterocycles. The summed E-state index contributed by atoms with van der Waals surface area (Å²) in [6, 6.07) is 4.80. The van der Waals surface area contributed by atoms with E-state index in [1.807, 2.05) is 6.92 Å². The zero-order chi connectivity index (χ0) is 14.8. The van der Waals surface area contributed by atoms with Gasteiger partial charge < -0.3 is 10.4 Å². The number of nitrogens with one attached hydrogen (secondary N) is 1. The molecule has 1 unspecified atom stereocenters. The highest BCUT2D eigenvalue weighted by atomic mass is 79.9. The maximum Gasteiger partial charge on any atom is 0.124 e. The van der Waals surface area contributed by atoms with Crippen LogP contribution in [0.5, 0.6) is 0 Å². The fraction of sp³-hybridized carbons (Fsp3) is 0.625. The largest absolute Gasteiger partial charge is 0.389 e. The van der Waals surface area contributed by atoms with E-state index in [1.165, 1.54) is 12.1 Å². The van der Waals surface area contributed by atoms with E-state index in [0.29, 0.717) is 6.54 Å². The van der Waals surface area contributed by atoms with Gasteiger partial charge in [0.15, 0.2) is 0 Å². The van der Waals surface area contributed by atoms with Crippen molar-refractivity contribution in [2.75, 3.05) is 6.54 Å². The molecule has 0 heterocycles. The predicted octanol–water partition coefficient (Wildman–Crippen LogP) is 4.18. The third kappa shape index (κ3) is 4.03. The van der Waals surface area contributed by atoms with Crippen LogP contribution < -0.4 is 5.32 Å². The van der Waals surface area contributed by atoms with E-state index in [-0.39, 0.29) is 11.9 Å². The molecule has 0 radical (unpaired) electrons. The lowest BCUT2D eigenvalue weighted by molar-refractivity contribution is -0.00785. The van der Waals surface area contributed by atoms with Gasteiger partial charge in [0, 0.05) is 17.1 Å². The van der Waals surface area contributed by atoms with Crippen LogP contribution in [0.1, 0.15) is 51.1 Å². The Hall–Kier alpha value is -0.450. The average Bonchev–Trinajstić information content (AvgIpc) is 2.40. The molecule has 1 atom stereocenters. The summed E-state index contributed by atoms with van der Waals surface area (Å²) in [4.78, 5) is 0. The topological polar surface area (TPSA) is 32.3 Å². The van der Waals surface area contributed by atoms with Gasteiger partial charge in [-0.1, -0.05) is 28.9 Å². The summed E-state index contributed by atoms with van der Waals surface area (Å²) in [5.41, 5.74) is 0.423. The first-order chi connectivity index (χ1) is 9.39. The molecule has 112 valence electrons. The maximum atomic E-state index is 13.1. The van der Waals surface area contributed by atoms with Gasteiger partial charge in [0.25, 0.3) is 0 Å². The van der Waals surface area contributed by atoms with Crippen molar-refractivity contribution in [2.24, 2.45) is 5.92 Å². The molecule has 4 heteroatoms. The normalized spacial score (nSPS) is 28.4. The van der Waals surface area contributed by atoms with Gasteiger partial charge in [-0.25, -0.2) is 4.39 Å². The van der Waals surface area contributed by atoms with Gasteiger partial charge in [0.2, 0.25) is 0 Å². The van der Waals surface area contributed by atoms with Crippen LogP contribution in [0.15, 0.2) is 22.7 Å². The van der Waals surface area contributed by atoms with Crippen molar-refractivity contribution in [3.05, 3.63) is 34.1 Å². The highest BCUT2D eigenvalue weighted by molar-refractivity contribution is 9.10. The van der Waals surface area contributed by atoms with Gasteiger partial charge >= 0.3 is 0 Å². The van der Waals surface area contributed by atoms with E-state index in [4.69, 9.17) is 0 Å². The van der Waals surface area contributed by atoms with Crippen molar-refractivity contribution in [3.63, 3.8) is 0 Å². The molecule has 1 aliphatic carbocycles. The molecule has 1 aliphatic rings. The van der Waals surface area contributed by atoms with Crippen molar-refractivity contribution >= 4 is 15.9 Å². The van der Waals surface area contributed by atoms with Crippen LogP contribution in [-0.4, -0.2) is 17.3 Å². The van der Waals surface area contributed by atoms with Crippen molar-refractivity contribution < 1.29 is 9.50 Å². The number of halogens is 2. The highest BCUT2D eigenvalue weighted by Crippen LogP contribution is 2.32. The minimum Gasteiger partial charge on any atom is -0.389 e. The zero-order valence-corrected chi connectivity index (χ0v) is 13.7. The van der Waals surface area contributed by atoms with Crippen molar-refractivity contribution in [1.29, 1.82) is 0 Å². The second kappa shape index (κ2) is 6.54. The lowest BCUT2D eigenvalue weighted by Gasteiger charge is -2.36. The van der Waals surface area contributed by atoms with Crippen molar-refractivity contribution in [3.8, 4) is 0 Å². The molecular formula is C16H23BrFNO. The van der Waals surface area contributed by atoms with Gasteiger partial charge in [-0.2, -0.15) is 0 Å². The molecule has 0 saturated heterocycles. The number of benzene rings is 1. The van der Waals surface area contributed by atoms with E-state index < -0.39 is 5.60 Å². The van der Waals surface area contributed by atoms with E-state index in [2.05, 4.69) is 28.2 Å². The Kier molecular flexibility index (Phi) is 5.21. The first-order valence-electron chi connectivity index (χ1n) is 7.30. The quantitative estimate of drug-likeness (QED) is 0.859. The van der Waals surface area contributed by atoms with Gasteiger partial charge in [-0.3, -0.25) is 0 Å². The SMILES string of the molecule is CC1CCC(O)(CNC(C)c2ccc(F)cc2Br)CC1. The van der Waals surface area contributed by atoms with Gasteiger partial charge in [0.1, 0.15) is 5.82 Å². The maximum absolute atomic E-state index is 13.1. The molecule has 0 bridgehead atoms. The fourth-order valence-electron chi connectivity index (χ4n) is 2.78. The Balaban J connectivity index is 1.93. The molecule has 1 saturated carbocycles. The Labute approximate surface area is 128 Å². The summed E-state index contributed by atoms with van der Waals surface area (Å²) in [7, 11) is 0. The van der Waals surface area contributed by atoms with Gasteiger partial charge in [-0.15, -0.1) is 0 Å². The minimum atomic E-state index is -0.590. The van der Waals surface area contributed by atoms with Crippen molar-refractivity contribution in [2.45, 2.75) is 51.2 Å². The van der Waals surface area contributed by atoms with E-state index in [1.54, 1.807) is 6.07 Å². The van der Waals surface area contributed by atoms with E-state index in [0.717, 1.165) is 41.6 Å². The second-order valence-electron chi connectivity index (χ2n) is 6.18. The van der Waals surface area contributed by atoms with Crippen LogP contribution in [0.2, 0.25) is 0 Å². The summed E-state index contributed by atoms with van der Waals surface area (Å²) in [5, 5.41) is 13.9. The molecule has 1 fully saturated rings. The standard InChI is InChI=1S/C16H23BrFNO/c1-11-5-7-16(20,8-6-11)10-19-12(2)14-4-3-13(18)9-15(14)17/h3-4,9,11-12,19-20H,5-8,10H2,1-2H3. The third-order valence-corrected chi connectivity index (χ3v) is 5.06. The Morgan fingerprint density at radius 1 is 1.45 bits per heavy atom. The lowest BCUT2D eigenvalue weighted by atomic mass is 9.79. The molecule has 0 spiro atoms. The lowest BCUT2D eigenvalue weighted by Crippen LogP contribution is -2.44. The highest BCUT2D eigenvalue weighted by Gasteiger charge is 2.31. The predicted molar refractivity (Wildman–Crippen MR) is 83.1 cm³/mol. The molecule has 1 aromatic rings. The average molecular weight is 344 g/mol. The third-order valence-electron chi connectivity index (χ3n) is 4.37. The summed E-state index contributed by atoms with van der Waals surface area (Å²) in [6.07, 6.45) is 3.90. The molecule has 0 aromatic heterocycles. The van der Waals surface area contributed by atoms with Crippen LogP contribution in [-0.2, 0) is 0 Å². The summed E-state index contributed by atoms with van der Waals surface area (Å²) < 4.78 is 13.9. The van der Waals surface area contributed by atoms with E-state index >= 15 is 0 Å². The monoisotopic (exact) mass is 343 g/mol. The zero-order valence-electron chi connectivity index (χ0n) is 12.1. The van der Waals surface area contributed by atoms with Crippen molar-refractivity contribution in [1.82, 2.24) is 5.32 Å². The van der Waals surface area contributed by atoms with Crippen LogP contribution >= 0.6 is 15.9 Å². The van der Waals surface area contributed by atoms with Crippen LogP contribution in [0.4, 0.5) is 4.39 Å². The number of hydrogen-bond donors (Lipinski definition) is 2. The molecule has 2 nitrogen and oxygen atoms in total. The smallest absolute Gasteiger partial charge is 0.124 e. The van der Waals surface area contributed by atoms with Gasteiger partial charge in [-0.05, 0) is 56.2 Å². The van der Waals surface area contributed by atoms with E-state index in [9.17, 15) is 9.50 Å². The molecule has 0 amide bonds. The fourth-order valence-corrected chi connectivity index (χ4v) is 3.48. The Morgan fingerprint density at radius 2 is 2.10 bits per heavy atom. The Morgan fingerprint density at radius 3 is 2.70 bits per heavy atom. The second-order valence-corrected chi connectivity index (χ2v) is 7.03. The number of aliphatic hydroxyl groups is 1. The van der Waals surface area contributed by atoms with Crippen LogP contribution in [0.3, 0.4) is 0 Å². The summed E-state index contributed by atoms with van der Waals surface area (Å²) in [6.45, 7) is 4.86. The number of hydrogen-bond acceptors (Lipinski definition) is 2. The first-order valence-corrected chi connectivity index (χ1v) is 8.10.